The molecule has 2 rings (SSSR count). The van der Waals surface area contributed by atoms with Crippen LogP contribution in [0.4, 0.5) is 11.4 Å². The van der Waals surface area contributed by atoms with Gasteiger partial charge in [-0.3, -0.25) is 10.1 Å². The Bertz CT molecular complexity index is 433. The molecule has 1 heterocycles. The van der Waals surface area contributed by atoms with Crippen molar-refractivity contribution in [1.29, 1.82) is 0 Å². The maximum Gasteiger partial charge on any atom is 0.292 e. The van der Waals surface area contributed by atoms with Crippen molar-refractivity contribution in [2.24, 2.45) is 5.92 Å². The van der Waals surface area contributed by atoms with E-state index in [9.17, 15) is 10.1 Å². The van der Waals surface area contributed by atoms with Crippen LogP contribution in [0.5, 0.6) is 0 Å². The van der Waals surface area contributed by atoms with E-state index >= 15 is 0 Å². The molecule has 98 valence electrons. The maximum absolute atomic E-state index is 10.9. The number of anilines is 1. The Kier molecular flexibility index (Phi) is 4.38. The molecule has 1 N–H and O–H groups in total. The highest BCUT2D eigenvalue weighted by atomic mass is 35.5. The second-order valence-corrected chi connectivity index (χ2v) is 4.80. The first-order valence-corrected chi connectivity index (χ1v) is 6.30. The molecule has 1 aromatic rings. The van der Waals surface area contributed by atoms with Crippen LogP contribution in [-0.2, 0) is 4.74 Å². The van der Waals surface area contributed by atoms with Gasteiger partial charge in [-0.1, -0.05) is 11.6 Å². The van der Waals surface area contributed by atoms with Crippen molar-refractivity contribution in [2.75, 3.05) is 25.1 Å². The lowest BCUT2D eigenvalue weighted by Gasteiger charge is -2.10. The lowest BCUT2D eigenvalue weighted by atomic mass is 10.1. The van der Waals surface area contributed by atoms with E-state index < -0.39 is 4.92 Å². The maximum atomic E-state index is 10.9. The Hall–Kier alpha value is -1.33. The van der Waals surface area contributed by atoms with Gasteiger partial charge in [-0.25, -0.2) is 0 Å². The van der Waals surface area contributed by atoms with Crippen LogP contribution < -0.4 is 5.32 Å². The van der Waals surface area contributed by atoms with E-state index in [1.165, 1.54) is 12.1 Å². The molecule has 1 saturated heterocycles. The molecule has 0 aromatic heterocycles. The molecule has 0 aliphatic carbocycles. The van der Waals surface area contributed by atoms with Gasteiger partial charge in [0.1, 0.15) is 5.69 Å². The monoisotopic (exact) mass is 270 g/mol. The fourth-order valence-corrected chi connectivity index (χ4v) is 2.20. The van der Waals surface area contributed by atoms with Gasteiger partial charge in [0.15, 0.2) is 0 Å². The largest absolute Gasteiger partial charge is 0.381 e. The molecule has 0 amide bonds. The van der Waals surface area contributed by atoms with Crippen LogP contribution in [0.15, 0.2) is 18.2 Å². The average Bonchev–Trinajstić information content (AvgIpc) is 2.82. The van der Waals surface area contributed by atoms with Crippen LogP contribution >= 0.6 is 11.6 Å². The van der Waals surface area contributed by atoms with Crippen LogP contribution in [0.25, 0.3) is 0 Å². The Morgan fingerprint density at radius 2 is 2.39 bits per heavy atom. The van der Waals surface area contributed by atoms with Crippen molar-refractivity contribution in [1.82, 2.24) is 0 Å². The van der Waals surface area contributed by atoms with Gasteiger partial charge in [0, 0.05) is 30.8 Å². The van der Waals surface area contributed by atoms with Crippen molar-refractivity contribution in [2.45, 2.75) is 12.8 Å². The van der Waals surface area contributed by atoms with Crippen molar-refractivity contribution in [3.8, 4) is 0 Å². The number of nitrogens with zero attached hydrogens (tertiary/aromatic N) is 1. The summed E-state index contributed by atoms with van der Waals surface area (Å²) >= 11 is 5.84. The molecule has 1 fully saturated rings. The summed E-state index contributed by atoms with van der Waals surface area (Å²) in [5.74, 6) is 0.552. The molecule has 18 heavy (non-hydrogen) atoms. The fraction of sp³-hybridized carbons (Fsp3) is 0.500. The van der Waals surface area contributed by atoms with Gasteiger partial charge in [-0.05, 0) is 30.9 Å². The van der Waals surface area contributed by atoms with Gasteiger partial charge < -0.3 is 10.1 Å². The molecule has 0 spiro atoms. The zero-order chi connectivity index (χ0) is 13.0. The number of nitro benzene ring substituents is 1. The zero-order valence-corrected chi connectivity index (χ0v) is 10.7. The van der Waals surface area contributed by atoms with E-state index in [2.05, 4.69) is 5.32 Å². The molecule has 0 saturated carbocycles. The van der Waals surface area contributed by atoms with Crippen molar-refractivity contribution >= 4 is 23.0 Å². The highest BCUT2D eigenvalue weighted by Gasteiger charge is 2.17. The lowest BCUT2D eigenvalue weighted by Crippen LogP contribution is -2.10. The molecule has 0 bridgehead atoms. The predicted molar refractivity (Wildman–Crippen MR) is 70.1 cm³/mol. The van der Waals surface area contributed by atoms with Crippen LogP contribution in [0.1, 0.15) is 12.8 Å². The number of hydrogen-bond acceptors (Lipinski definition) is 4. The Labute approximate surface area is 110 Å². The molecule has 1 aliphatic rings. The Morgan fingerprint density at radius 3 is 3.06 bits per heavy atom. The SMILES string of the molecule is O=[N+]([O-])c1ccc(Cl)cc1NCCC1CCOC1. The lowest BCUT2D eigenvalue weighted by molar-refractivity contribution is -0.384. The molecule has 1 unspecified atom stereocenters. The number of nitrogens with one attached hydrogen (secondary N) is 1. The van der Waals surface area contributed by atoms with Gasteiger partial charge in [-0.2, -0.15) is 0 Å². The summed E-state index contributed by atoms with van der Waals surface area (Å²) in [6.07, 6.45) is 2.02. The van der Waals surface area contributed by atoms with Gasteiger partial charge in [0.2, 0.25) is 0 Å². The highest BCUT2D eigenvalue weighted by Crippen LogP contribution is 2.28. The van der Waals surface area contributed by atoms with E-state index in [0.717, 1.165) is 26.1 Å². The first-order chi connectivity index (χ1) is 8.66. The molecular formula is C12H15ClN2O3. The molecule has 5 nitrogen and oxygen atoms in total. The molecular weight excluding hydrogens is 256 g/mol. The summed E-state index contributed by atoms with van der Waals surface area (Å²) in [5.41, 5.74) is 0.536. The molecule has 1 aromatic carbocycles. The first-order valence-electron chi connectivity index (χ1n) is 5.92. The Balaban J connectivity index is 1.94. The topological polar surface area (TPSA) is 64.4 Å². The molecule has 6 heteroatoms. The standard InChI is InChI=1S/C12H15ClN2O3/c13-10-1-2-12(15(16)17)11(7-10)14-5-3-9-4-6-18-8-9/h1-2,7,9,14H,3-6,8H2. The van der Waals surface area contributed by atoms with Crippen LogP contribution in [0, 0.1) is 16.0 Å². The average molecular weight is 271 g/mol. The van der Waals surface area contributed by atoms with Crippen molar-refractivity contribution in [3.05, 3.63) is 33.3 Å². The minimum atomic E-state index is -0.405. The van der Waals surface area contributed by atoms with Crippen LogP contribution in [0.3, 0.4) is 0 Å². The minimum absolute atomic E-state index is 0.0575. The third-order valence-electron chi connectivity index (χ3n) is 3.05. The first kappa shape index (κ1) is 13.1. The third kappa shape index (κ3) is 3.34. The molecule has 1 atom stereocenters. The van der Waals surface area contributed by atoms with Gasteiger partial charge in [-0.15, -0.1) is 0 Å². The quantitative estimate of drug-likeness (QED) is 0.660. The van der Waals surface area contributed by atoms with Gasteiger partial charge in [0.05, 0.1) is 4.92 Å². The number of halogens is 1. The van der Waals surface area contributed by atoms with Crippen LogP contribution in [-0.4, -0.2) is 24.7 Å². The number of nitro groups is 1. The summed E-state index contributed by atoms with van der Waals surface area (Å²) in [6, 6.07) is 4.53. The summed E-state index contributed by atoms with van der Waals surface area (Å²) < 4.78 is 5.28. The third-order valence-corrected chi connectivity index (χ3v) is 3.28. The number of benzene rings is 1. The smallest absolute Gasteiger partial charge is 0.292 e. The predicted octanol–water partition coefficient (Wildman–Crippen LogP) is 3.09. The molecule has 0 radical (unpaired) electrons. The van der Waals surface area contributed by atoms with E-state index in [1.54, 1.807) is 6.07 Å². The fourth-order valence-electron chi connectivity index (χ4n) is 2.03. The minimum Gasteiger partial charge on any atom is -0.381 e. The Morgan fingerprint density at radius 1 is 1.56 bits per heavy atom. The number of rotatable bonds is 5. The number of hydrogen-bond donors (Lipinski definition) is 1. The summed E-state index contributed by atoms with van der Waals surface area (Å²) in [6.45, 7) is 2.30. The highest BCUT2D eigenvalue weighted by molar-refractivity contribution is 6.31. The van der Waals surface area contributed by atoms with Crippen molar-refractivity contribution in [3.63, 3.8) is 0 Å². The summed E-state index contributed by atoms with van der Waals surface area (Å²) in [7, 11) is 0. The van der Waals surface area contributed by atoms with E-state index in [0.29, 0.717) is 23.2 Å². The molecule has 1 aliphatic heterocycles. The van der Waals surface area contributed by atoms with E-state index in [-0.39, 0.29) is 5.69 Å². The van der Waals surface area contributed by atoms with E-state index in [4.69, 9.17) is 16.3 Å². The van der Waals surface area contributed by atoms with Crippen molar-refractivity contribution < 1.29 is 9.66 Å². The zero-order valence-electron chi connectivity index (χ0n) is 9.89. The summed E-state index contributed by atoms with van der Waals surface area (Å²) in [5, 5.41) is 14.4. The van der Waals surface area contributed by atoms with Crippen LogP contribution in [0.2, 0.25) is 5.02 Å². The second-order valence-electron chi connectivity index (χ2n) is 4.36. The second kappa shape index (κ2) is 6.02. The van der Waals surface area contributed by atoms with E-state index in [1.807, 2.05) is 0 Å². The normalized spacial score (nSPS) is 18.8. The van der Waals surface area contributed by atoms with Gasteiger partial charge in [0.25, 0.3) is 5.69 Å². The van der Waals surface area contributed by atoms with Gasteiger partial charge >= 0.3 is 0 Å². The number of ether oxygens (including phenoxy) is 1. The summed E-state index contributed by atoms with van der Waals surface area (Å²) in [4.78, 5) is 10.4.